The first kappa shape index (κ1) is 18.0. The minimum absolute atomic E-state index is 0.00576. The highest BCUT2D eigenvalue weighted by atomic mass is 31.2. The summed E-state index contributed by atoms with van der Waals surface area (Å²) in [5.41, 5.74) is 0. The van der Waals surface area contributed by atoms with Crippen LogP contribution in [0.3, 0.4) is 0 Å². The van der Waals surface area contributed by atoms with Gasteiger partial charge in [0.2, 0.25) is 0 Å². The molecule has 0 radical (unpaired) electrons. The van der Waals surface area contributed by atoms with Gasteiger partial charge in [-0.05, 0) is 41.5 Å². The molecule has 0 aromatic carbocycles. The van der Waals surface area contributed by atoms with E-state index in [1.54, 1.807) is 13.8 Å². The molecule has 0 aromatic rings. The molecule has 18 heavy (non-hydrogen) atoms. The predicted molar refractivity (Wildman–Crippen MR) is 66.2 cm³/mol. The number of nitrogens with zero attached hydrogens (tertiary/aromatic N) is 1. The van der Waals surface area contributed by atoms with Gasteiger partial charge in [-0.25, -0.2) is 14.3 Å². The van der Waals surface area contributed by atoms with Crippen LogP contribution in [0, 0.1) is 0 Å². The minimum Gasteiger partial charge on any atom is -0.227 e. The topological polar surface area (TPSA) is 66.5 Å². The SMILES string of the molecule is CCOOP(=O)(OOCC)ON(C(C)C)C(C)C. The van der Waals surface area contributed by atoms with Crippen LogP contribution < -0.4 is 0 Å². The summed E-state index contributed by atoms with van der Waals surface area (Å²) in [6.07, 6.45) is 0. The summed E-state index contributed by atoms with van der Waals surface area (Å²) in [6, 6.07) is -0.0115. The van der Waals surface area contributed by atoms with Gasteiger partial charge >= 0.3 is 7.82 Å². The highest BCUT2D eigenvalue weighted by Crippen LogP contribution is 2.51. The van der Waals surface area contributed by atoms with E-state index < -0.39 is 7.82 Å². The first-order chi connectivity index (χ1) is 8.36. The molecular formula is C10H24NO6P. The Labute approximate surface area is 109 Å². The van der Waals surface area contributed by atoms with Gasteiger partial charge in [-0.1, -0.05) is 0 Å². The molecule has 0 spiro atoms. The molecule has 0 amide bonds. The molecule has 0 saturated carbocycles. The Kier molecular flexibility index (Phi) is 8.98. The lowest BCUT2D eigenvalue weighted by atomic mass is 10.3. The first-order valence-electron chi connectivity index (χ1n) is 6.06. The molecule has 7 nitrogen and oxygen atoms in total. The number of hydrogen-bond donors (Lipinski definition) is 0. The number of hydroxylamine groups is 2. The third kappa shape index (κ3) is 6.80. The Balaban J connectivity index is 4.68. The third-order valence-electron chi connectivity index (χ3n) is 1.74. The van der Waals surface area contributed by atoms with Crippen LogP contribution in [0.1, 0.15) is 41.5 Å². The van der Waals surface area contributed by atoms with Crippen molar-refractivity contribution in [3.05, 3.63) is 0 Å². The van der Waals surface area contributed by atoms with Crippen molar-refractivity contribution in [2.75, 3.05) is 13.2 Å². The van der Waals surface area contributed by atoms with Crippen LogP contribution in [-0.4, -0.2) is 30.4 Å². The van der Waals surface area contributed by atoms with E-state index in [2.05, 4.69) is 19.1 Å². The Morgan fingerprint density at radius 3 is 1.61 bits per heavy atom. The Hall–Kier alpha value is -0.0100. The molecule has 0 heterocycles. The van der Waals surface area contributed by atoms with Gasteiger partial charge in [0, 0.05) is 12.1 Å². The van der Waals surface area contributed by atoms with Gasteiger partial charge in [-0.15, -0.1) is 9.35 Å². The summed E-state index contributed by atoms with van der Waals surface area (Å²) >= 11 is 0. The molecular weight excluding hydrogens is 261 g/mol. The summed E-state index contributed by atoms with van der Waals surface area (Å²) < 4.78 is 26.8. The summed E-state index contributed by atoms with van der Waals surface area (Å²) in [5, 5.41) is 1.50. The maximum Gasteiger partial charge on any atom is 0.546 e. The zero-order valence-electron chi connectivity index (χ0n) is 11.9. The third-order valence-corrected chi connectivity index (χ3v) is 2.70. The summed E-state index contributed by atoms with van der Waals surface area (Å²) in [5.74, 6) is 0. The van der Waals surface area contributed by atoms with Crippen molar-refractivity contribution in [2.24, 2.45) is 0 Å². The van der Waals surface area contributed by atoms with Crippen molar-refractivity contribution in [1.29, 1.82) is 0 Å². The summed E-state index contributed by atoms with van der Waals surface area (Å²) in [4.78, 5) is 9.27. The Morgan fingerprint density at radius 1 is 0.944 bits per heavy atom. The van der Waals surface area contributed by atoms with Crippen molar-refractivity contribution in [3.63, 3.8) is 0 Å². The van der Waals surface area contributed by atoms with Crippen LogP contribution in [-0.2, 0) is 28.3 Å². The van der Waals surface area contributed by atoms with Gasteiger partial charge in [0.05, 0.1) is 13.2 Å². The standard InChI is InChI=1S/C10H24NO6P/c1-7-13-16-18(12,17-14-8-2)15-11(9(3)4)10(5)6/h9-10H,7-8H2,1-6H3. The van der Waals surface area contributed by atoms with E-state index in [9.17, 15) is 4.57 Å². The van der Waals surface area contributed by atoms with Gasteiger partial charge < -0.3 is 0 Å². The number of hydrogen-bond acceptors (Lipinski definition) is 7. The second-order valence-corrected chi connectivity index (χ2v) is 5.39. The molecule has 8 heteroatoms. The van der Waals surface area contributed by atoms with E-state index in [0.717, 1.165) is 0 Å². The second kappa shape index (κ2) is 8.98. The van der Waals surface area contributed by atoms with E-state index in [1.165, 1.54) is 5.06 Å². The fraction of sp³-hybridized carbons (Fsp3) is 1.00. The number of phosphoric acid groups is 1. The molecule has 0 N–H and O–H groups in total. The van der Waals surface area contributed by atoms with E-state index in [1.807, 2.05) is 27.7 Å². The van der Waals surface area contributed by atoms with Crippen LogP contribution in [0.2, 0.25) is 0 Å². The maximum absolute atomic E-state index is 12.2. The van der Waals surface area contributed by atoms with E-state index in [4.69, 9.17) is 4.62 Å². The molecule has 0 aromatic heterocycles. The van der Waals surface area contributed by atoms with Gasteiger partial charge in [-0.3, -0.25) is 0 Å². The second-order valence-electron chi connectivity index (χ2n) is 4.04. The predicted octanol–water partition coefficient (Wildman–Crippen LogP) is 3.08. The van der Waals surface area contributed by atoms with Gasteiger partial charge in [0.25, 0.3) is 0 Å². The van der Waals surface area contributed by atoms with Crippen molar-refractivity contribution in [2.45, 2.75) is 53.6 Å². The molecule has 0 atom stereocenters. The molecule has 0 aliphatic carbocycles. The zero-order chi connectivity index (χ0) is 14.2. The highest BCUT2D eigenvalue weighted by Gasteiger charge is 2.35. The molecule has 110 valence electrons. The average Bonchev–Trinajstić information content (AvgIpc) is 2.30. The van der Waals surface area contributed by atoms with Crippen LogP contribution in [0.15, 0.2) is 0 Å². The molecule has 0 unspecified atom stereocenters. The van der Waals surface area contributed by atoms with Crippen molar-refractivity contribution in [1.82, 2.24) is 5.06 Å². The molecule has 0 fully saturated rings. The lowest BCUT2D eigenvalue weighted by molar-refractivity contribution is -0.298. The van der Waals surface area contributed by atoms with Gasteiger partial charge in [-0.2, -0.15) is 9.69 Å². The van der Waals surface area contributed by atoms with Crippen molar-refractivity contribution < 1.29 is 28.3 Å². The lowest BCUT2D eigenvalue weighted by Gasteiger charge is -2.30. The molecule has 0 aliphatic heterocycles. The maximum atomic E-state index is 12.2. The monoisotopic (exact) mass is 285 g/mol. The normalized spacial score (nSPS) is 12.9. The summed E-state index contributed by atoms with van der Waals surface area (Å²) in [7, 11) is -3.93. The minimum atomic E-state index is -3.93. The largest absolute Gasteiger partial charge is 0.546 e. The number of rotatable bonds is 10. The fourth-order valence-electron chi connectivity index (χ4n) is 1.17. The van der Waals surface area contributed by atoms with E-state index in [0.29, 0.717) is 0 Å². The fourth-order valence-corrected chi connectivity index (χ4v) is 2.33. The van der Waals surface area contributed by atoms with E-state index in [-0.39, 0.29) is 25.3 Å². The van der Waals surface area contributed by atoms with Crippen molar-refractivity contribution in [3.8, 4) is 0 Å². The zero-order valence-corrected chi connectivity index (χ0v) is 12.8. The van der Waals surface area contributed by atoms with Crippen LogP contribution in [0.25, 0.3) is 0 Å². The van der Waals surface area contributed by atoms with Gasteiger partial charge in [0.15, 0.2) is 0 Å². The first-order valence-corrected chi connectivity index (χ1v) is 7.52. The lowest BCUT2D eigenvalue weighted by Crippen LogP contribution is -2.36. The van der Waals surface area contributed by atoms with Crippen molar-refractivity contribution >= 4 is 7.82 Å². The quantitative estimate of drug-likeness (QED) is 0.347. The molecule has 0 aliphatic rings. The van der Waals surface area contributed by atoms with Gasteiger partial charge in [0.1, 0.15) is 0 Å². The summed E-state index contributed by atoms with van der Waals surface area (Å²) in [6.45, 7) is 11.4. The Bertz CT molecular complexity index is 241. The van der Waals surface area contributed by atoms with Crippen LogP contribution >= 0.6 is 7.82 Å². The molecule has 0 saturated heterocycles. The van der Waals surface area contributed by atoms with Crippen LogP contribution in [0.5, 0.6) is 0 Å². The molecule has 0 bridgehead atoms. The Morgan fingerprint density at radius 2 is 1.33 bits per heavy atom. The smallest absolute Gasteiger partial charge is 0.227 e. The molecule has 0 rings (SSSR count). The average molecular weight is 285 g/mol. The van der Waals surface area contributed by atoms with E-state index >= 15 is 0 Å². The highest BCUT2D eigenvalue weighted by molar-refractivity contribution is 7.48. The van der Waals surface area contributed by atoms with Crippen LogP contribution in [0.4, 0.5) is 0 Å².